The predicted octanol–water partition coefficient (Wildman–Crippen LogP) is 2.61. The highest BCUT2D eigenvalue weighted by atomic mass is 32.2. The van der Waals surface area contributed by atoms with Crippen LogP contribution in [-0.2, 0) is 7.05 Å². The van der Waals surface area contributed by atoms with Crippen molar-refractivity contribution in [2.24, 2.45) is 7.05 Å². The molecule has 0 saturated carbocycles. The van der Waals surface area contributed by atoms with Crippen molar-refractivity contribution in [1.29, 1.82) is 0 Å². The normalized spacial score (nSPS) is 10.6. The van der Waals surface area contributed by atoms with Gasteiger partial charge in [0.05, 0.1) is 4.92 Å². The molecule has 20 heavy (non-hydrogen) atoms. The summed E-state index contributed by atoms with van der Waals surface area (Å²) in [5, 5.41) is 22.8. The molecular formula is C12H15N5O2S. The average Bonchev–Trinajstić information content (AvgIpc) is 2.71. The zero-order valence-electron chi connectivity index (χ0n) is 11.5. The molecule has 0 unspecified atom stereocenters. The Morgan fingerprint density at radius 1 is 1.40 bits per heavy atom. The zero-order valence-corrected chi connectivity index (χ0v) is 12.3. The molecule has 1 N–H and O–H groups in total. The van der Waals surface area contributed by atoms with Crippen LogP contribution in [-0.4, -0.2) is 26.2 Å². The van der Waals surface area contributed by atoms with Gasteiger partial charge in [0.1, 0.15) is 5.82 Å². The number of aromatic nitrogens is 3. The Morgan fingerprint density at radius 3 is 2.70 bits per heavy atom. The van der Waals surface area contributed by atoms with Gasteiger partial charge in [0, 0.05) is 36.3 Å². The molecule has 0 amide bonds. The molecule has 0 aliphatic heterocycles. The topological polar surface area (TPSA) is 85.9 Å². The lowest BCUT2D eigenvalue weighted by Gasteiger charge is -2.06. The highest BCUT2D eigenvalue weighted by Gasteiger charge is 2.13. The van der Waals surface area contributed by atoms with Crippen LogP contribution in [0.2, 0.25) is 0 Å². The van der Waals surface area contributed by atoms with E-state index < -0.39 is 4.92 Å². The first-order valence-corrected chi connectivity index (χ1v) is 6.90. The van der Waals surface area contributed by atoms with Crippen molar-refractivity contribution in [3.05, 3.63) is 34.1 Å². The van der Waals surface area contributed by atoms with Crippen molar-refractivity contribution >= 4 is 23.1 Å². The maximum Gasteiger partial charge on any atom is 0.272 e. The lowest BCUT2D eigenvalue weighted by Crippen LogP contribution is -1.98. The van der Waals surface area contributed by atoms with E-state index in [0.717, 1.165) is 16.4 Å². The molecule has 0 aliphatic carbocycles. The summed E-state index contributed by atoms with van der Waals surface area (Å²) in [7, 11) is 1.86. The van der Waals surface area contributed by atoms with Gasteiger partial charge in [-0.2, -0.15) is 0 Å². The summed E-state index contributed by atoms with van der Waals surface area (Å²) < 4.78 is 1.84. The van der Waals surface area contributed by atoms with E-state index in [4.69, 9.17) is 0 Å². The van der Waals surface area contributed by atoms with E-state index in [1.165, 1.54) is 23.9 Å². The first-order valence-electron chi connectivity index (χ1n) is 6.08. The quantitative estimate of drug-likeness (QED) is 0.673. The first-order chi connectivity index (χ1) is 9.51. The van der Waals surface area contributed by atoms with Crippen molar-refractivity contribution in [1.82, 2.24) is 14.8 Å². The van der Waals surface area contributed by atoms with E-state index in [1.54, 1.807) is 0 Å². The summed E-state index contributed by atoms with van der Waals surface area (Å²) in [5.74, 6) is 0.796. The number of non-ortho nitro benzene ring substituents is 1. The predicted molar refractivity (Wildman–Crippen MR) is 77.1 cm³/mol. The molecule has 0 saturated heterocycles. The molecule has 1 heterocycles. The molecule has 0 spiro atoms. The molecule has 0 fully saturated rings. The summed E-state index contributed by atoms with van der Waals surface area (Å²) in [6, 6.07) is 4.93. The minimum Gasteiger partial charge on any atom is -0.385 e. The van der Waals surface area contributed by atoms with Gasteiger partial charge in [-0.15, -0.1) is 10.2 Å². The number of nitrogens with one attached hydrogen (secondary N) is 1. The molecule has 0 aliphatic rings. The molecular weight excluding hydrogens is 278 g/mol. The van der Waals surface area contributed by atoms with Crippen molar-refractivity contribution in [3.63, 3.8) is 0 Å². The lowest BCUT2D eigenvalue weighted by molar-refractivity contribution is -0.385. The Bertz CT molecular complexity index is 641. The maximum atomic E-state index is 11.0. The monoisotopic (exact) mass is 293 g/mol. The molecule has 106 valence electrons. The van der Waals surface area contributed by atoms with Crippen LogP contribution in [0.4, 0.5) is 11.4 Å². The van der Waals surface area contributed by atoms with Crippen LogP contribution < -0.4 is 5.32 Å². The standard InChI is InChI=1S/C12H15N5O2S/c1-4-13-9-5-10(17(18)19)7-11(6-9)20-12-15-14-8(2)16(12)3/h5-7,13H,4H2,1-3H3. The van der Waals surface area contributed by atoms with Gasteiger partial charge >= 0.3 is 0 Å². The van der Waals surface area contributed by atoms with Gasteiger partial charge in [-0.25, -0.2) is 0 Å². The van der Waals surface area contributed by atoms with Crippen molar-refractivity contribution in [2.75, 3.05) is 11.9 Å². The number of benzene rings is 1. The fourth-order valence-electron chi connectivity index (χ4n) is 1.64. The van der Waals surface area contributed by atoms with Crippen LogP contribution in [0.15, 0.2) is 28.3 Å². The fraction of sp³-hybridized carbons (Fsp3) is 0.333. The van der Waals surface area contributed by atoms with Gasteiger partial charge in [-0.1, -0.05) is 0 Å². The average molecular weight is 293 g/mol. The van der Waals surface area contributed by atoms with Crippen LogP contribution in [0.1, 0.15) is 12.7 Å². The second-order valence-corrected chi connectivity index (χ2v) is 5.23. The number of nitrogens with zero attached hydrogens (tertiary/aromatic N) is 4. The van der Waals surface area contributed by atoms with E-state index in [2.05, 4.69) is 15.5 Å². The van der Waals surface area contributed by atoms with Gasteiger partial charge in [-0.3, -0.25) is 10.1 Å². The Labute approximate surface area is 120 Å². The number of rotatable bonds is 5. The highest BCUT2D eigenvalue weighted by molar-refractivity contribution is 7.99. The van der Waals surface area contributed by atoms with Crippen LogP contribution in [0.3, 0.4) is 0 Å². The summed E-state index contributed by atoms with van der Waals surface area (Å²) in [6.45, 7) is 4.50. The Balaban J connectivity index is 2.35. The van der Waals surface area contributed by atoms with Crippen LogP contribution in [0.25, 0.3) is 0 Å². The molecule has 2 aromatic rings. The third kappa shape index (κ3) is 3.08. The Kier molecular flexibility index (Phi) is 4.23. The summed E-state index contributed by atoms with van der Waals surface area (Å²) >= 11 is 1.35. The molecule has 1 aromatic carbocycles. The molecule has 0 bridgehead atoms. The van der Waals surface area contributed by atoms with Gasteiger partial charge in [-0.05, 0) is 31.7 Å². The molecule has 0 radical (unpaired) electrons. The van der Waals surface area contributed by atoms with E-state index in [9.17, 15) is 10.1 Å². The summed E-state index contributed by atoms with van der Waals surface area (Å²) in [4.78, 5) is 11.3. The number of hydrogen-bond donors (Lipinski definition) is 1. The number of aryl methyl sites for hydroxylation is 1. The van der Waals surface area contributed by atoms with Gasteiger partial charge in [0.2, 0.25) is 0 Å². The van der Waals surface area contributed by atoms with Crippen molar-refractivity contribution in [2.45, 2.75) is 23.9 Å². The molecule has 0 atom stereocenters. The number of nitro benzene ring substituents is 1. The van der Waals surface area contributed by atoms with Crippen LogP contribution >= 0.6 is 11.8 Å². The van der Waals surface area contributed by atoms with E-state index >= 15 is 0 Å². The Morgan fingerprint density at radius 2 is 2.15 bits per heavy atom. The fourth-order valence-corrected chi connectivity index (χ4v) is 2.56. The number of anilines is 1. The van der Waals surface area contributed by atoms with Gasteiger partial charge in [0.15, 0.2) is 5.16 Å². The maximum absolute atomic E-state index is 11.0. The second-order valence-electron chi connectivity index (χ2n) is 4.19. The van der Waals surface area contributed by atoms with Crippen LogP contribution in [0.5, 0.6) is 0 Å². The third-order valence-corrected chi connectivity index (χ3v) is 3.75. The van der Waals surface area contributed by atoms with E-state index in [0.29, 0.717) is 11.7 Å². The molecule has 7 nitrogen and oxygen atoms in total. The largest absolute Gasteiger partial charge is 0.385 e. The lowest BCUT2D eigenvalue weighted by atomic mass is 10.3. The third-order valence-electron chi connectivity index (χ3n) is 2.74. The summed E-state index contributed by atoms with van der Waals surface area (Å²) in [6.07, 6.45) is 0. The van der Waals surface area contributed by atoms with Gasteiger partial charge in [0.25, 0.3) is 5.69 Å². The second kappa shape index (κ2) is 5.91. The smallest absolute Gasteiger partial charge is 0.272 e. The van der Waals surface area contributed by atoms with E-state index in [-0.39, 0.29) is 5.69 Å². The highest BCUT2D eigenvalue weighted by Crippen LogP contribution is 2.32. The SMILES string of the molecule is CCNc1cc(Sc2nnc(C)n2C)cc([N+](=O)[O-])c1. The van der Waals surface area contributed by atoms with Crippen molar-refractivity contribution < 1.29 is 4.92 Å². The van der Waals surface area contributed by atoms with Crippen molar-refractivity contribution in [3.8, 4) is 0 Å². The first kappa shape index (κ1) is 14.3. The number of nitro groups is 1. The summed E-state index contributed by atoms with van der Waals surface area (Å²) in [5.41, 5.74) is 0.785. The molecule has 1 aromatic heterocycles. The van der Waals surface area contributed by atoms with E-state index in [1.807, 2.05) is 31.5 Å². The zero-order chi connectivity index (χ0) is 14.7. The minimum absolute atomic E-state index is 0.0600. The Hall–Kier alpha value is -2.09. The minimum atomic E-state index is -0.396. The van der Waals surface area contributed by atoms with Gasteiger partial charge < -0.3 is 9.88 Å². The molecule has 8 heteroatoms. The van der Waals surface area contributed by atoms with Crippen LogP contribution in [0, 0.1) is 17.0 Å². The molecule has 2 rings (SSSR count). The number of hydrogen-bond acceptors (Lipinski definition) is 6.